The maximum absolute atomic E-state index is 2.57. The maximum atomic E-state index is 2.48. The van der Waals surface area contributed by atoms with Gasteiger partial charge < -0.3 is 18.3 Å². The summed E-state index contributed by atoms with van der Waals surface area (Å²) in [7, 11) is -5.13. The Morgan fingerprint density at radius 2 is 0.418 bits per heavy atom. The number of aromatic nitrogens is 4. The van der Waals surface area contributed by atoms with Crippen molar-refractivity contribution in [3.05, 3.63) is 413 Å². The molecule has 0 spiro atoms. The molecule has 0 radical (unpaired) electrons. The molecule has 0 amide bonds. The summed E-state index contributed by atoms with van der Waals surface area (Å²) in [5, 5.41) is 26.8. The van der Waals surface area contributed by atoms with Gasteiger partial charge in [0.05, 0.1) is 44.1 Å². The first-order chi connectivity index (χ1) is 54.6. The van der Waals surface area contributed by atoms with Crippen LogP contribution in [-0.4, -0.2) is 34.4 Å². The van der Waals surface area contributed by atoms with Gasteiger partial charge in [0.25, 0.3) is 0 Å². The summed E-state index contributed by atoms with van der Waals surface area (Å²) in [6.45, 7) is 0. The lowest BCUT2D eigenvalue weighted by atomic mass is 10.0. The average Bonchev–Trinajstić information content (AvgIpc) is 1.54. The van der Waals surface area contributed by atoms with Crippen molar-refractivity contribution >= 4 is 166 Å². The lowest BCUT2D eigenvalue weighted by Gasteiger charge is -2.31. The third kappa shape index (κ3) is 8.82. The van der Waals surface area contributed by atoms with Crippen molar-refractivity contribution in [2.24, 2.45) is 0 Å². The second-order valence-electron chi connectivity index (χ2n) is 29.7. The molecule has 2 aliphatic rings. The van der Waals surface area contributed by atoms with E-state index in [1.165, 1.54) is 195 Å². The zero-order valence-electron chi connectivity index (χ0n) is 60.0. The summed E-state index contributed by atoms with van der Waals surface area (Å²) in [6.07, 6.45) is 0. The Morgan fingerprint density at radius 1 is 0.155 bits per heavy atom. The van der Waals surface area contributed by atoms with Crippen molar-refractivity contribution in [2.75, 3.05) is 0 Å². The van der Waals surface area contributed by atoms with Crippen LogP contribution in [0.4, 0.5) is 0 Å². The van der Waals surface area contributed by atoms with Gasteiger partial charge in [0, 0.05) is 65.8 Å². The monoisotopic (exact) mass is 1430 g/mol. The van der Waals surface area contributed by atoms with E-state index in [-0.39, 0.29) is 0 Å². The molecule has 0 unspecified atom stereocenters. The molecule has 0 N–H and O–H groups in total. The van der Waals surface area contributed by atoms with Gasteiger partial charge in [0.1, 0.15) is 0 Å². The van der Waals surface area contributed by atoms with E-state index in [9.17, 15) is 0 Å². The largest absolute Gasteiger partial charge is 0.309 e. The van der Waals surface area contributed by atoms with Crippen LogP contribution in [-0.2, 0) is 0 Å². The van der Waals surface area contributed by atoms with E-state index >= 15 is 0 Å². The highest BCUT2D eigenvalue weighted by atomic mass is 28.3. The Bertz CT molecular complexity index is 7380. The molecule has 0 fully saturated rings. The number of benzene rings is 18. The molecular weight excluding hydrogens is 1360 g/mol. The molecular formula is C104H68N4Si2. The fourth-order valence-corrected chi connectivity index (χ4v) is 30.3. The van der Waals surface area contributed by atoms with Crippen molar-refractivity contribution in [1.82, 2.24) is 18.3 Å². The number of rotatable bonds is 8. The highest BCUT2D eigenvalue weighted by Crippen LogP contribution is 2.43. The molecule has 110 heavy (non-hydrogen) atoms. The molecule has 0 saturated heterocycles. The number of hydrogen-bond acceptors (Lipinski definition) is 0. The van der Waals surface area contributed by atoms with Gasteiger partial charge in [-0.05, 0) is 182 Å². The highest BCUT2D eigenvalue weighted by Gasteiger charge is 2.50. The van der Waals surface area contributed by atoms with Gasteiger partial charge in [-0.2, -0.15) is 0 Å². The Labute approximate surface area is 637 Å². The van der Waals surface area contributed by atoms with Gasteiger partial charge in [0.15, 0.2) is 16.1 Å². The molecule has 24 rings (SSSR count). The summed E-state index contributed by atoms with van der Waals surface area (Å²) in [4.78, 5) is 0. The number of nitrogens with zero attached hydrogens (tertiary/aromatic N) is 4. The minimum absolute atomic E-state index is 1.17. The Hall–Kier alpha value is -13.9. The van der Waals surface area contributed by atoms with Crippen LogP contribution >= 0.6 is 0 Å². The third-order valence-corrected chi connectivity index (χ3v) is 34.2. The summed E-state index contributed by atoms with van der Waals surface area (Å²) in [5.41, 5.74) is 19.9. The van der Waals surface area contributed by atoms with Crippen LogP contribution in [0.1, 0.15) is 0 Å². The molecule has 6 heterocycles. The predicted molar refractivity (Wildman–Crippen MR) is 470 cm³/mol. The van der Waals surface area contributed by atoms with E-state index in [1.807, 2.05) is 0 Å². The minimum atomic E-state index is -2.57. The van der Waals surface area contributed by atoms with Crippen LogP contribution in [0, 0.1) is 0 Å². The van der Waals surface area contributed by atoms with E-state index in [1.54, 1.807) is 0 Å². The highest BCUT2D eigenvalue weighted by molar-refractivity contribution is 7.23. The Morgan fingerprint density at radius 3 is 0.855 bits per heavy atom. The standard InChI is InChI=1S/2C52H34N2Si/c1-2-15-38(16-3-1)55(50-24-12-8-19-42(50)43-20-9-13-25-51(43)55)39-30-27-36(28-31-39)53-46-22-10-6-18-41(46)45-34-37(29-33-48(45)53)54-47-23-11-7-21-44(47)52-40-17-5-4-14-35(40)26-32-49(52)54;1-2-15-38(16-3-1)55(50-24-12-8-20-43(50)44-21-9-13-25-51(44)55)39-30-27-36(28-31-39)53-48-33-29-37(34-45(48)52-40-17-5-4-14-35(40)26-32-49(52)53)54-46-22-10-6-18-41(46)42-19-7-11-23-47(42)54/h2*1-34H. The van der Waals surface area contributed by atoms with E-state index in [4.69, 9.17) is 0 Å². The summed E-state index contributed by atoms with van der Waals surface area (Å²) in [5.74, 6) is 0. The zero-order chi connectivity index (χ0) is 72.2. The lowest BCUT2D eigenvalue weighted by Crippen LogP contribution is -2.72. The van der Waals surface area contributed by atoms with Crippen molar-refractivity contribution in [3.63, 3.8) is 0 Å². The van der Waals surface area contributed by atoms with Crippen molar-refractivity contribution in [2.45, 2.75) is 0 Å². The molecule has 4 nitrogen and oxygen atoms in total. The fraction of sp³-hybridized carbons (Fsp3) is 0. The first-order valence-electron chi connectivity index (χ1n) is 38.2. The van der Waals surface area contributed by atoms with E-state index < -0.39 is 16.1 Å². The number of fused-ring (bicyclic) bond motifs is 22. The summed E-state index contributed by atoms with van der Waals surface area (Å²) < 4.78 is 9.80. The van der Waals surface area contributed by atoms with Crippen LogP contribution in [0.15, 0.2) is 413 Å². The molecule has 0 aliphatic carbocycles. The van der Waals surface area contributed by atoms with E-state index in [0.29, 0.717) is 0 Å². The molecule has 22 aromatic rings. The average molecular weight is 1430 g/mol. The van der Waals surface area contributed by atoms with Gasteiger partial charge in [-0.25, -0.2) is 0 Å². The Kier molecular flexibility index (Phi) is 13.8. The lowest BCUT2D eigenvalue weighted by molar-refractivity contribution is 1.17. The van der Waals surface area contributed by atoms with Crippen LogP contribution in [0.25, 0.3) is 154 Å². The van der Waals surface area contributed by atoms with Crippen molar-refractivity contribution in [1.29, 1.82) is 0 Å². The fourth-order valence-electron chi connectivity index (χ4n) is 19.9. The minimum Gasteiger partial charge on any atom is -0.309 e. The second-order valence-corrected chi connectivity index (χ2v) is 37.1. The zero-order valence-corrected chi connectivity index (χ0v) is 62.0. The van der Waals surface area contributed by atoms with Gasteiger partial charge in [-0.1, -0.05) is 315 Å². The topological polar surface area (TPSA) is 19.7 Å². The smallest absolute Gasteiger partial charge is 0.180 e. The SMILES string of the molecule is c1ccc([Si]2(c3ccc(-n4c5ccc(-n6c7ccccc7c7ccccc76)cc5c5c6ccccc6ccc54)cc3)c3ccccc3-c3ccccc32)cc1.c1ccc([Si]2(c3ccc(-n4c5ccccc5c5cc(-n6c7ccccc7c7c8ccccc8ccc76)ccc54)cc3)c3ccccc3-c3ccccc32)cc1. The number of para-hydroxylation sites is 4. The quantitative estimate of drug-likeness (QED) is 0.135. The van der Waals surface area contributed by atoms with Gasteiger partial charge >= 0.3 is 0 Å². The molecule has 512 valence electrons. The molecule has 4 aromatic heterocycles. The molecule has 2 aliphatic heterocycles. The number of hydrogen-bond donors (Lipinski definition) is 0. The normalized spacial score (nSPS) is 13.2. The Balaban J connectivity index is 0.000000132. The van der Waals surface area contributed by atoms with Crippen molar-refractivity contribution < 1.29 is 0 Å². The molecule has 6 heteroatoms. The van der Waals surface area contributed by atoms with Crippen LogP contribution in [0.2, 0.25) is 0 Å². The predicted octanol–water partition coefficient (Wildman–Crippen LogP) is 20.8. The first kappa shape index (κ1) is 62.3. The molecule has 0 atom stereocenters. The summed E-state index contributed by atoms with van der Waals surface area (Å²) >= 11 is 0. The summed E-state index contributed by atoms with van der Waals surface area (Å²) in [6, 6.07) is 154. The van der Waals surface area contributed by atoms with Crippen LogP contribution < -0.4 is 41.5 Å². The van der Waals surface area contributed by atoms with Gasteiger partial charge in [0.2, 0.25) is 0 Å². The van der Waals surface area contributed by atoms with E-state index in [2.05, 4.69) is 431 Å². The molecule has 18 aromatic carbocycles. The van der Waals surface area contributed by atoms with Gasteiger partial charge in [-0.3, -0.25) is 0 Å². The van der Waals surface area contributed by atoms with Crippen LogP contribution in [0.3, 0.4) is 0 Å². The van der Waals surface area contributed by atoms with Gasteiger partial charge in [-0.15, -0.1) is 0 Å². The van der Waals surface area contributed by atoms with Crippen molar-refractivity contribution in [3.8, 4) is 45.0 Å². The molecule has 0 bridgehead atoms. The maximum Gasteiger partial charge on any atom is 0.180 e. The van der Waals surface area contributed by atoms with E-state index in [0.717, 1.165) is 0 Å². The molecule has 0 saturated carbocycles. The third-order valence-electron chi connectivity index (χ3n) is 24.4. The first-order valence-corrected chi connectivity index (χ1v) is 42.2. The van der Waals surface area contributed by atoms with Crippen LogP contribution in [0.5, 0.6) is 0 Å². The second kappa shape index (κ2) is 24.3.